The molecule has 1 rings (SSSR count). The monoisotopic (exact) mass is 273 g/mol. The third kappa shape index (κ3) is 3.32. The standard InChI is InChI=1S/C9H8BrNO4/c10-6-4-7(12)5(3-8(6)13)1-2-15-9(11)14/h3-4H,1-2H2,(H2,11,14). The summed E-state index contributed by atoms with van der Waals surface area (Å²) < 4.78 is 4.69. The Morgan fingerprint density at radius 2 is 2.00 bits per heavy atom. The number of hydrogen-bond acceptors (Lipinski definition) is 4. The van der Waals surface area contributed by atoms with Crippen molar-refractivity contribution in [2.24, 2.45) is 5.73 Å². The Bertz CT molecular complexity index is 384. The molecule has 0 aliphatic heterocycles. The smallest absolute Gasteiger partial charge is 0.404 e. The third-order valence-electron chi connectivity index (χ3n) is 1.73. The van der Waals surface area contributed by atoms with E-state index in [0.29, 0.717) is 5.57 Å². The number of ether oxygens (including phenoxy) is 1. The van der Waals surface area contributed by atoms with Gasteiger partial charge in [0.15, 0.2) is 11.6 Å². The van der Waals surface area contributed by atoms with Crippen LogP contribution in [0.25, 0.3) is 0 Å². The Morgan fingerprint density at radius 3 is 2.60 bits per heavy atom. The van der Waals surface area contributed by atoms with Crippen molar-refractivity contribution in [3.63, 3.8) is 0 Å². The number of allylic oxidation sites excluding steroid dienone is 3. The van der Waals surface area contributed by atoms with Crippen LogP contribution in [-0.2, 0) is 14.3 Å². The van der Waals surface area contributed by atoms with Gasteiger partial charge in [0.05, 0.1) is 11.1 Å². The second kappa shape index (κ2) is 4.88. The van der Waals surface area contributed by atoms with Crippen molar-refractivity contribution >= 4 is 33.6 Å². The summed E-state index contributed by atoms with van der Waals surface area (Å²) in [7, 11) is 0. The van der Waals surface area contributed by atoms with Crippen LogP contribution in [-0.4, -0.2) is 24.3 Å². The first kappa shape index (κ1) is 11.6. The number of hydrogen-bond donors (Lipinski definition) is 1. The van der Waals surface area contributed by atoms with Crippen LogP contribution in [0.2, 0.25) is 0 Å². The van der Waals surface area contributed by atoms with Crippen molar-refractivity contribution in [3.8, 4) is 0 Å². The lowest BCUT2D eigenvalue weighted by Gasteiger charge is -2.08. The average Bonchev–Trinajstić information content (AvgIpc) is 2.13. The van der Waals surface area contributed by atoms with Gasteiger partial charge in [-0.2, -0.15) is 0 Å². The van der Waals surface area contributed by atoms with Gasteiger partial charge >= 0.3 is 6.09 Å². The van der Waals surface area contributed by atoms with Crippen LogP contribution < -0.4 is 5.73 Å². The van der Waals surface area contributed by atoms with Crippen LogP contribution in [0.15, 0.2) is 22.2 Å². The van der Waals surface area contributed by atoms with E-state index in [9.17, 15) is 14.4 Å². The summed E-state index contributed by atoms with van der Waals surface area (Å²) in [6, 6.07) is 0. The number of nitrogens with two attached hydrogens (primary N) is 1. The number of carbonyl (C=O) groups is 3. The Hall–Kier alpha value is -1.43. The highest BCUT2D eigenvalue weighted by Gasteiger charge is 2.18. The van der Waals surface area contributed by atoms with E-state index in [2.05, 4.69) is 20.7 Å². The lowest BCUT2D eigenvalue weighted by Crippen LogP contribution is -2.16. The molecule has 0 aromatic heterocycles. The minimum Gasteiger partial charge on any atom is -0.449 e. The lowest BCUT2D eigenvalue weighted by atomic mass is 10.0. The summed E-state index contributed by atoms with van der Waals surface area (Å²) >= 11 is 2.95. The van der Waals surface area contributed by atoms with Crippen molar-refractivity contribution < 1.29 is 19.1 Å². The van der Waals surface area contributed by atoms with Crippen molar-refractivity contribution in [1.29, 1.82) is 0 Å². The lowest BCUT2D eigenvalue weighted by molar-refractivity contribution is -0.114. The van der Waals surface area contributed by atoms with Crippen LogP contribution in [0, 0.1) is 0 Å². The van der Waals surface area contributed by atoms with Gasteiger partial charge in [0, 0.05) is 18.1 Å². The van der Waals surface area contributed by atoms with Crippen molar-refractivity contribution in [1.82, 2.24) is 0 Å². The highest BCUT2D eigenvalue weighted by molar-refractivity contribution is 9.12. The predicted octanol–water partition coefficient (Wildman–Crippen LogP) is 0.829. The molecule has 80 valence electrons. The van der Waals surface area contributed by atoms with Gasteiger partial charge in [-0.05, 0) is 22.0 Å². The van der Waals surface area contributed by atoms with Gasteiger partial charge < -0.3 is 10.5 Å². The van der Waals surface area contributed by atoms with Gasteiger partial charge in [-0.25, -0.2) is 4.79 Å². The second-order valence-corrected chi connectivity index (χ2v) is 3.66. The van der Waals surface area contributed by atoms with Gasteiger partial charge in [0.25, 0.3) is 0 Å². The van der Waals surface area contributed by atoms with Crippen LogP contribution in [0.3, 0.4) is 0 Å². The summed E-state index contributed by atoms with van der Waals surface area (Å²) in [5, 5.41) is 0. The minimum atomic E-state index is -0.901. The fourth-order valence-corrected chi connectivity index (χ4v) is 1.36. The van der Waals surface area contributed by atoms with Gasteiger partial charge in [-0.3, -0.25) is 9.59 Å². The second-order valence-electron chi connectivity index (χ2n) is 2.81. The zero-order chi connectivity index (χ0) is 11.4. The number of halogens is 1. The minimum absolute atomic E-state index is 0.00829. The molecule has 6 heteroatoms. The predicted molar refractivity (Wildman–Crippen MR) is 55.3 cm³/mol. The van der Waals surface area contributed by atoms with E-state index in [1.807, 2.05) is 0 Å². The molecule has 0 spiro atoms. The van der Waals surface area contributed by atoms with Crippen molar-refractivity contribution in [2.45, 2.75) is 6.42 Å². The molecule has 1 amide bonds. The maximum Gasteiger partial charge on any atom is 0.404 e. The zero-order valence-corrected chi connectivity index (χ0v) is 9.24. The topological polar surface area (TPSA) is 86.5 Å². The number of primary amides is 1. The van der Waals surface area contributed by atoms with Crippen molar-refractivity contribution in [3.05, 3.63) is 22.2 Å². The van der Waals surface area contributed by atoms with E-state index in [0.717, 1.165) is 0 Å². The molecule has 1 aliphatic rings. The molecule has 0 aromatic rings. The first-order chi connectivity index (χ1) is 7.00. The van der Waals surface area contributed by atoms with Crippen LogP contribution in [0.5, 0.6) is 0 Å². The number of carbonyl (C=O) groups excluding carboxylic acids is 3. The quantitative estimate of drug-likeness (QED) is 0.772. The van der Waals surface area contributed by atoms with E-state index in [1.54, 1.807) is 0 Å². The summed E-state index contributed by atoms with van der Waals surface area (Å²) in [6.07, 6.45) is 1.70. The Morgan fingerprint density at radius 1 is 1.33 bits per heavy atom. The molecule has 15 heavy (non-hydrogen) atoms. The summed E-state index contributed by atoms with van der Waals surface area (Å²) in [4.78, 5) is 32.7. The Kier molecular flexibility index (Phi) is 3.79. The molecule has 0 saturated carbocycles. The van der Waals surface area contributed by atoms with Gasteiger partial charge in [-0.1, -0.05) is 0 Å². The number of rotatable bonds is 3. The molecule has 1 aliphatic carbocycles. The van der Waals surface area contributed by atoms with Crippen LogP contribution in [0.1, 0.15) is 6.42 Å². The molecule has 0 radical (unpaired) electrons. The molecule has 0 heterocycles. The maximum absolute atomic E-state index is 11.3. The molecule has 0 atom stereocenters. The van der Waals surface area contributed by atoms with Gasteiger partial charge in [0.2, 0.25) is 0 Å². The average molecular weight is 274 g/mol. The third-order valence-corrected chi connectivity index (χ3v) is 2.35. The van der Waals surface area contributed by atoms with E-state index in [1.165, 1.54) is 12.2 Å². The molecule has 0 bridgehead atoms. The molecular weight excluding hydrogens is 266 g/mol. The van der Waals surface area contributed by atoms with Gasteiger partial charge in [-0.15, -0.1) is 0 Å². The molecule has 0 fully saturated rings. The summed E-state index contributed by atoms with van der Waals surface area (Å²) in [6.45, 7) is -0.00829. The van der Waals surface area contributed by atoms with E-state index >= 15 is 0 Å². The Labute approximate surface area is 94.1 Å². The Balaban J connectivity index is 2.57. The SMILES string of the molecule is NC(=O)OCCC1=CC(=O)C(Br)=CC1=O. The van der Waals surface area contributed by atoms with E-state index in [4.69, 9.17) is 5.73 Å². The molecule has 0 aromatic carbocycles. The van der Waals surface area contributed by atoms with Crippen LogP contribution in [0.4, 0.5) is 4.79 Å². The highest BCUT2D eigenvalue weighted by Crippen LogP contribution is 2.18. The maximum atomic E-state index is 11.3. The first-order valence-corrected chi connectivity index (χ1v) is 4.88. The number of amides is 1. The summed E-state index contributed by atoms with van der Waals surface area (Å²) in [5.41, 5.74) is 5.05. The molecular formula is C9H8BrNO4. The van der Waals surface area contributed by atoms with E-state index < -0.39 is 6.09 Å². The first-order valence-electron chi connectivity index (χ1n) is 4.09. The molecule has 5 nitrogen and oxygen atoms in total. The van der Waals surface area contributed by atoms with E-state index in [-0.39, 0.29) is 29.1 Å². The van der Waals surface area contributed by atoms with Crippen LogP contribution >= 0.6 is 15.9 Å². The largest absolute Gasteiger partial charge is 0.449 e. The highest BCUT2D eigenvalue weighted by atomic mass is 79.9. The zero-order valence-electron chi connectivity index (χ0n) is 7.66. The van der Waals surface area contributed by atoms with Gasteiger partial charge in [0.1, 0.15) is 0 Å². The summed E-state index contributed by atoms with van der Waals surface area (Å²) in [5.74, 6) is -0.543. The molecule has 0 saturated heterocycles. The molecule has 0 unspecified atom stereocenters. The number of ketones is 2. The van der Waals surface area contributed by atoms with Crippen molar-refractivity contribution in [2.75, 3.05) is 6.61 Å². The normalized spacial score (nSPS) is 15.8. The molecule has 2 N–H and O–H groups in total. The fourth-order valence-electron chi connectivity index (χ4n) is 1.03. The fraction of sp³-hybridized carbons (Fsp3) is 0.222.